The number of amides is 1. The van der Waals surface area contributed by atoms with Gasteiger partial charge in [-0.05, 0) is 51.2 Å². The molecule has 3 aromatic rings. The molecule has 122 valence electrons. The Hall–Kier alpha value is -2.43. The summed E-state index contributed by atoms with van der Waals surface area (Å²) in [5.41, 5.74) is 1.92. The van der Waals surface area contributed by atoms with Crippen LogP contribution >= 0.6 is 11.3 Å². The lowest BCUT2D eigenvalue weighted by Crippen LogP contribution is -2.23. The molecule has 0 bridgehead atoms. The van der Waals surface area contributed by atoms with Crippen LogP contribution in [0.2, 0.25) is 0 Å². The molecule has 0 saturated heterocycles. The maximum atomic E-state index is 11.8. The lowest BCUT2D eigenvalue weighted by Gasteiger charge is -2.14. The van der Waals surface area contributed by atoms with Crippen molar-refractivity contribution in [2.45, 2.75) is 12.5 Å². The third-order valence-electron chi connectivity index (χ3n) is 3.87. The predicted molar refractivity (Wildman–Crippen MR) is 99.9 cm³/mol. The Morgan fingerprint density at radius 3 is 2.83 bits per heavy atom. The van der Waals surface area contributed by atoms with Crippen LogP contribution in [-0.2, 0) is 4.79 Å². The van der Waals surface area contributed by atoms with E-state index in [-0.39, 0.29) is 5.91 Å². The minimum absolute atomic E-state index is 0.147. The van der Waals surface area contributed by atoms with Crippen molar-refractivity contribution in [3.05, 3.63) is 76.5 Å². The fourth-order valence-electron chi connectivity index (χ4n) is 2.63. The molecule has 0 aliphatic carbocycles. The molecule has 1 amide bonds. The molecule has 24 heavy (non-hydrogen) atoms. The molecule has 0 saturated carbocycles. The first-order valence-electron chi connectivity index (χ1n) is 7.88. The first-order chi connectivity index (χ1) is 11.7. The monoisotopic (exact) mass is 337 g/mol. The number of aliphatic hydroxyl groups excluding tert-OH is 1. The van der Waals surface area contributed by atoms with Crippen molar-refractivity contribution < 1.29 is 9.90 Å². The fraction of sp³-hybridized carbons (Fsp3) is 0.150. The van der Waals surface area contributed by atoms with Crippen LogP contribution in [0.25, 0.3) is 16.8 Å². The Labute approximate surface area is 145 Å². The molecule has 0 aliphatic heterocycles. The first kappa shape index (κ1) is 16.4. The van der Waals surface area contributed by atoms with E-state index in [4.69, 9.17) is 0 Å². The van der Waals surface area contributed by atoms with Gasteiger partial charge in [0.15, 0.2) is 0 Å². The average Bonchev–Trinajstić information content (AvgIpc) is 3.13. The Balaban J connectivity index is 1.55. The third kappa shape index (κ3) is 4.10. The molecule has 0 fully saturated rings. The summed E-state index contributed by atoms with van der Waals surface area (Å²) in [6, 6.07) is 15.9. The minimum atomic E-state index is -0.600. The molecule has 0 radical (unpaired) electrons. The van der Waals surface area contributed by atoms with Crippen molar-refractivity contribution >= 4 is 34.1 Å². The number of carbonyl (C=O) groups is 1. The molecule has 3 nitrogen and oxygen atoms in total. The minimum Gasteiger partial charge on any atom is -0.388 e. The van der Waals surface area contributed by atoms with E-state index in [1.54, 1.807) is 17.4 Å². The van der Waals surface area contributed by atoms with E-state index >= 15 is 0 Å². The van der Waals surface area contributed by atoms with Gasteiger partial charge in [-0.3, -0.25) is 4.79 Å². The number of hydrogen-bond acceptors (Lipinski definition) is 3. The molecule has 1 atom stereocenters. The molecule has 1 heterocycles. The highest BCUT2D eigenvalue weighted by atomic mass is 32.1. The van der Waals surface area contributed by atoms with Crippen molar-refractivity contribution in [3.63, 3.8) is 0 Å². The van der Waals surface area contributed by atoms with Crippen LogP contribution < -0.4 is 5.32 Å². The Morgan fingerprint density at radius 2 is 2.00 bits per heavy atom. The first-order valence-corrected chi connectivity index (χ1v) is 8.82. The van der Waals surface area contributed by atoms with Gasteiger partial charge in [0.2, 0.25) is 5.91 Å². The van der Waals surface area contributed by atoms with E-state index in [0.717, 1.165) is 21.9 Å². The van der Waals surface area contributed by atoms with Crippen LogP contribution in [0.15, 0.2) is 65.4 Å². The van der Waals surface area contributed by atoms with E-state index in [0.29, 0.717) is 13.0 Å². The van der Waals surface area contributed by atoms with Crippen LogP contribution in [0, 0.1) is 0 Å². The molecule has 0 spiro atoms. The average molecular weight is 337 g/mol. The van der Waals surface area contributed by atoms with E-state index in [1.807, 2.05) is 59.3 Å². The lowest BCUT2D eigenvalue weighted by molar-refractivity contribution is -0.116. The van der Waals surface area contributed by atoms with E-state index < -0.39 is 6.10 Å². The molecule has 4 heteroatoms. The quantitative estimate of drug-likeness (QED) is 0.664. The number of thiophene rings is 1. The lowest BCUT2D eigenvalue weighted by atomic mass is 9.99. The fourth-order valence-corrected chi connectivity index (χ4v) is 3.26. The zero-order valence-electron chi connectivity index (χ0n) is 13.2. The molecular weight excluding hydrogens is 318 g/mol. The van der Waals surface area contributed by atoms with Crippen LogP contribution in [0.5, 0.6) is 0 Å². The molecular formula is C20H19NO2S. The summed E-state index contributed by atoms with van der Waals surface area (Å²) in [6.07, 6.45) is 3.18. The van der Waals surface area contributed by atoms with Gasteiger partial charge in [-0.15, -0.1) is 0 Å². The number of fused-ring (bicyclic) bond motifs is 1. The van der Waals surface area contributed by atoms with E-state index in [9.17, 15) is 9.90 Å². The molecule has 2 N–H and O–H groups in total. The highest BCUT2D eigenvalue weighted by Crippen LogP contribution is 2.25. The van der Waals surface area contributed by atoms with Gasteiger partial charge in [0.1, 0.15) is 0 Å². The van der Waals surface area contributed by atoms with Gasteiger partial charge < -0.3 is 10.4 Å². The zero-order valence-corrected chi connectivity index (χ0v) is 14.0. The van der Waals surface area contributed by atoms with Crippen molar-refractivity contribution in [2.24, 2.45) is 0 Å². The van der Waals surface area contributed by atoms with E-state index in [2.05, 4.69) is 5.32 Å². The van der Waals surface area contributed by atoms with Crippen LogP contribution in [0.4, 0.5) is 0 Å². The Bertz CT molecular complexity index is 834. The van der Waals surface area contributed by atoms with Crippen molar-refractivity contribution in [3.8, 4) is 0 Å². The second kappa shape index (κ2) is 7.90. The topological polar surface area (TPSA) is 49.3 Å². The normalized spacial score (nSPS) is 12.5. The summed E-state index contributed by atoms with van der Waals surface area (Å²) >= 11 is 1.60. The summed E-state index contributed by atoms with van der Waals surface area (Å²) in [5, 5.41) is 19.4. The summed E-state index contributed by atoms with van der Waals surface area (Å²) < 4.78 is 0. The van der Waals surface area contributed by atoms with Gasteiger partial charge in [0.05, 0.1) is 6.10 Å². The van der Waals surface area contributed by atoms with Gasteiger partial charge in [0, 0.05) is 12.6 Å². The second-order valence-electron chi connectivity index (χ2n) is 5.55. The number of aliphatic hydroxyl groups is 1. The van der Waals surface area contributed by atoms with Crippen LogP contribution in [0.3, 0.4) is 0 Å². The van der Waals surface area contributed by atoms with Crippen LogP contribution in [-0.4, -0.2) is 17.6 Å². The number of rotatable bonds is 6. The number of carbonyl (C=O) groups excluding carboxylic acids is 1. The zero-order chi connectivity index (χ0) is 16.8. The van der Waals surface area contributed by atoms with Crippen LogP contribution in [0.1, 0.15) is 23.7 Å². The van der Waals surface area contributed by atoms with Gasteiger partial charge in [-0.2, -0.15) is 11.3 Å². The maximum absolute atomic E-state index is 11.8. The molecule has 1 aromatic heterocycles. The predicted octanol–water partition coefficient (Wildman–Crippen LogP) is 4.15. The Kier molecular flexibility index (Phi) is 5.41. The summed E-state index contributed by atoms with van der Waals surface area (Å²) in [6.45, 7) is 0.428. The Morgan fingerprint density at radius 1 is 1.17 bits per heavy atom. The van der Waals surface area contributed by atoms with Gasteiger partial charge in [-0.25, -0.2) is 0 Å². The van der Waals surface area contributed by atoms with Crippen molar-refractivity contribution in [2.75, 3.05) is 6.54 Å². The third-order valence-corrected chi connectivity index (χ3v) is 4.57. The smallest absolute Gasteiger partial charge is 0.244 e. The largest absolute Gasteiger partial charge is 0.388 e. The summed E-state index contributed by atoms with van der Waals surface area (Å²) in [7, 11) is 0. The molecule has 2 aromatic carbocycles. The summed E-state index contributed by atoms with van der Waals surface area (Å²) in [4.78, 5) is 11.8. The highest BCUT2D eigenvalue weighted by molar-refractivity contribution is 7.08. The summed E-state index contributed by atoms with van der Waals surface area (Å²) in [5.74, 6) is -0.147. The van der Waals surface area contributed by atoms with Crippen molar-refractivity contribution in [1.82, 2.24) is 5.32 Å². The number of hydrogen-bond donors (Lipinski definition) is 2. The maximum Gasteiger partial charge on any atom is 0.244 e. The SMILES string of the molecule is O=C(/C=C/c1ccsc1)NCCC(O)c1cccc2ccccc12. The van der Waals surface area contributed by atoms with Crippen molar-refractivity contribution in [1.29, 1.82) is 0 Å². The second-order valence-corrected chi connectivity index (χ2v) is 6.33. The standard InChI is InChI=1S/C20H19NO2S/c22-19(18-7-3-5-16-4-1-2-6-17(16)18)10-12-21-20(23)9-8-15-11-13-24-14-15/h1-9,11,13-14,19,22H,10,12H2,(H,21,23)/b9-8+. The van der Waals surface area contributed by atoms with E-state index in [1.165, 1.54) is 6.08 Å². The molecule has 0 aliphatic rings. The highest BCUT2D eigenvalue weighted by Gasteiger charge is 2.11. The molecule has 3 rings (SSSR count). The van der Waals surface area contributed by atoms with Gasteiger partial charge >= 0.3 is 0 Å². The molecule has 1 unspecified atom stereocenters. The number of nitrogens with one attached hydrogen (secondary N) is 1. The number of benzene rings is 2. The van der Waals surface area contributed by atoms with Gasteiger partial charge in [0.25, 0.3) is 0 Å². The van der Waals surface area contributed by atoms with Gasteiger partial charge in [-0.1, -0.05) is 42.5 Å².